The first kappa shape index (κ1) is 16.5. The number of rotatable bonds is 5. The summed E-state index contributed by atoms with van der Waals surface area (Å²) in [5, 5.41) is 0.642. The van der Waals surface area contributed by atoms with Crippen molar-refractivity contribution in [3.63, 3.8) is 0 Å². The number of benzene rings is 1. The van der Waals surface area contributed by atoms with Crippen LogP contribution in [0.15, 0.2) is 47.6 Å². The smallest absolute Gasteiger partial charge is 0.264 e. The summed E-state index contributed by atoms with van der Waals surface area (Å²) in [6.45, 7) is 6.67. The van der Waals surface area contributed by atoms with Crippen LogP contribution in [0.2, 0.25) is 0 Å². The molecule has 3 rings (SSSR count). The van der Waals surface area contributed by atoms with E-state index >= 15 is 0 Å². The van der Waals surface area contributed by atoms with Crippen molar-refractivity contribution in [1.82, 2.24) is 9.55 Å². The minimum absolute atomic E-state index is 0.262. The molecule has 0 saturated heterocycles. The number of sulfonamides is 1. The molecular formula is C18H21N3O2S. The van der Waals surface area contributed by atoms with E-state index in [1.54, 1.807) is 24.5 Å². The maximum Gasteiger partial charge on any atom is 0.264 e. The number of fused-ring (bicyclic) bond motifs is 1. The van der Waals surface area contributed by atoms with Crippen LogP contribution in [0.4, 0.5) is 5.69 Å². The molecule has 2 heterocycles. The average molecular weight is 343 g/mol. The second kappa shape index (κ2) is 6.28. The van der Waals surface area contributed by atoms with Gasteiger partial charge in [0.05, 0.1) is 0 Å². The predicted octanol–water partition coefficient (Wildman–Crippen LogP) is 3.86. The van der Waals surface area contributed by atoms with Gasteiger partial charge in [-0.25, -0.2) is 13.4 Å². The molecule has 0 spiro atoms. The number of aryl methyl sites for hydroxylation is 3. The molecule has 126 valence electrons. The molecule has 0 aliphatic rings. The molecule has 0 bridgehead atoms. The summed E-state index contributed by atoms with van der Waals surface area (Å²) in [6, 6.07) is 9.22. The van der Waals surface area contributed by atoms with Gasteiger partial charge in [0.1, 0.15) is 10.5 Å². The van der Waals surface area contributed by atoms with Crippen LogP contribution in [-0.2, 0) is 16.6 Å². The van der Waals surface area contributed by atoms with Gasteiger partial charge in [0, 0.05) is 30.0 Å². The molecule has 0 saturated carbocycles. The zero-order valence-electron chi connectivity index (χ0n) is 14.1. The summed E-state index contributed by atoms with van der Waals surface area (Å²) in [4.78, 5) is 4.60. The van der Waals surface area contributed by atoms with E-state index in [1.807, 2.05) is 36.6 Å². The fraction of sp³-hybridized carbons (Fsp3) is 0.278. The molecule has 5 nitrogen and oxygen atoms in total. The molecule has 24 heavy (non-hydrogen) atoms. The van der Waals surface area contributed by atoms with E-state index in [4.69, 9.17) is 0 Å². The first-order chi connectivity index (χ1) is 11.4. The number of hydrogen-bond donors (Lipinski definition) is 1. The number of pyridine rings is 1. The van der Waals surface area contributed by atoms with Gasteiger partial charge >= 0.3 is 0 Å². The van der Waals surface area contributed by atoms with Gasteiger partial charge in [-0.1, -0.05) is 13.0 Å². The molecule has 3 aromatic rings. The van der Waals surface area contributed by atoms with Gasteiger partial charge < -0.3 is 4.57 Å². The van der Waals surface area contributed by atoms with E-state index < -0.39 is 10.0 Å². The SMILES string of the molecule is CCCn1cc(S(=O)(=O)Nc2cc(C)cc(C)c2)c2cccnc21. The monoisotopic (exact) mass is 343 g/mol. The van der Waals surface area contributed by atoms with Crippen molar-refractivity contribution in [2.75, 3.05) is 4.72 Å². The first-order valence-corrected chi connectivity index (χ1v) is 9.44. The van der Waals surface area contributed by atoms with Gasteiger partial charge in [-0.05, 0) is 55.7 Å². The summed E-state index contributed by atoms with van der Waals surface area (Å²) < 4.78 is 30.4. The average Bonchev–Trinajstić information content (AvgIpc) is 2.86. The Kier molecular flexibility index (Phi) is 4.32. The summed E-state index contributed by atoms with van der Waals surface area (Å²) >= 11 is 0. The fourth-order valence-electron chi connectivity index (χ4n) is 2.96. The Morgan fingerprint density at radius 3 is 2.54 bits per heavy atom. The Balaban J connectivity index is 2.08. The van der Waals surface area contributed by atoms with Gasteiger partial charge in [0.25, 0.3) is 10.0 Å². The Bertz CT molecular complexity index is 970. The molecule has 1 N–H and O–H groups in total. The number of aromatic nitrogens is 2. The Hall–Kier alpha value is -2.34. The van der Waals surface area contributed by atoms with Crippen LogP contribution in [0.3, 0.4) is 0 Å². The van der Waals surface area contributed by atoms with Crippen molar-refractivity contribution in [1.29, 1.82) is 0 Å². The highest BCUT2D eigenvalue weighted by Crippen LogP contribution is 2.26. The molecule has 0 aliphatic carbocycles. The van der Waals surface area contributed by atoms with Crippen LogP contribution in [0.5, 0.6) is 0 Å². The van der Waals surface area contributed by atoms with E-state index in [-0.39, 0.29) is 4.90 Å². The van der Waals surface area contributed by atoms with Crippen molar-refractivity contribution < 1.29 is 8.42 Å². The third-order valence-electron chi connectivity index (χ3n) is 3.83. The second-order valence-electron chi connectivity index (χ2n) is 6.04. The zero-order chi connectivity index (χ0) is 17.3. The van der Waals surface area contributed by atoms with Crippen molar-refractivity contribution in [2.24, 2.45) is 0 Å². The lowest BCUT2D eigenvalue weighted by Gasteiger charge is -2.09. The van der Waals surface area contributed by atoms with Crippen LogP contribution >= 0.6 is 0 Å². The molecule has 0 aliphatic heterocycles. The molecule has 0 unspecified atom stereocenters. The lowest BCUT2D eigenvalue weighted by molar-refractivity contribution is 0.601. The van der Waals surface area contributed by atoms with E-state index in [0.29, 0.717) is 16.7 Å². The van der Waals surface area contributed by atoms with Gasteiger partial charge in [0.15, 0.2) is 0 Å². The molecule has 0 amide bonds. The molecular weight excluding hydrogens is 322 g/mol. The van der Waals surface area contributed by atoms with Gasteiger partial charge in [-0.3, -0.25) is 4.72 Å². The Labute approximate surface area is 142 Å². The van der Waals surface area contributed by atoms with Crippen LogP contribution in [0, 0.1) is 13.8 Å². The first-order valence-electron chi connectivity index (χ1n) is 7.95. The molecule has 0 radical (unpaired) electrons. The van der Waals surface area contributed by atoms with Crippen LogP contribution in [0.25, 0.3) is 11.0 Å². The van der Waals surface area contributed by atoms with Crippen LogP contribution < -0.4 is 4.72 Å². The predicted molar refractivity (Wildman–Crippen MR) is 96.7 cm³/mol. The molecule has 2 aromatic heterocycles. The Morgan fingerprint density at radius 2 is 1.88 bits per heavy atom. The van der Waals surface area contributed by atoms with E-state index in [9.17, 15) is 8.42 Å². The lowest BCUT2D eigenvalue weighted by atomic mass is 10.1. The highest BCUT2D eigenvalue weighted by Gasteiger charge is 2.21. The number of nitrogens with zero attached hydrogens (tertiary/aromatic N) is 2. The maximum atomic E-state index is 12.9. The summed E-state index contributed by atoms with van der Waals surface area (Å²) in [5.41, 5.74) is 3.30. The van der Waals surface area contributed by atoms with Gasteiger partial charge in [-0.15, -0.1) is 0 Å². The number of anilines is 1. The summed E-state index contributed by atoms with van der Waals surface area (Å²) in [6.07, 6.45) is 4.26. The quantitative estimate of drug-likeness (QED) is 0.765. The third kappa shape index (κ3) is 3.14. The molecule has 0 atom stereocenters. The van der Waals surface area contributed by atoms with Crippen molar-refractivity contribution >= 4 is 26.7 Å². The largest absolute Gasteiger partial charge is 0.331 e. The van der Waals surface area contributed by atoms with Crippen LogP contribution in [0.1, 0.15) is 24.5 Å². The zero-order valence-corrected chi connectivity index (χ0v) is 14.9. The topological polar surface area (TPSA) is 64.0 Å². The number of hydrogen-bond acceptors (Lipinski definition) is 3. The maximum absolute atomic E-state index is 12.9. The standard InChI is InChI=1S/C18H21N3O2S/c1-4-8-21-12-17(16-6-5-7-19-18(16)21)24(22,23)20-15-10-13(2)9-14(3)11-15/h5-7,9-12,20H,4,8H2,1-3H3. The van der Waals surface area contributed by atoms with E-state index in [1.165, 1.54) is 0 Å². The Morgan fingerprint density at radius 1 is 1.17 bits per heavy atom. The molecule has 1 aromatic carbocycles. The molecule has 0 fully saturated rings. The van der Waals surface area contributed by atoms with Crippen molar-refractivity contribution in [3.05, 3.63) is 53.9 Å². The summed E-state index contributed by atoms with van der Waals surface area (Å²) in [7, 11) is -3.68. The fourth-order valence-corrected chi connectivity index (χ4v) is 4.21. The highest BCUT2D eigenvalue weighted by molar-refractivity contribution is 7.93. The number of nitrogens with one attached hydrogen (secondary N) is 1. The molecule has 6 heteroatoms. The normalized spacial score (nSPS) is 11.8. The van der Waals surface area contributed by atoms with Crippen LogP contribution in [-0.4, -0.2) is 18.0 Å². The lowest BCUT2D eigenvalue weighted by Crippen LogP contribution is -2.13. The van der Waals surface area contributed by atoms with Crippen molar-refractivity contribution in [3.8, 4) is 0 Å². The van der Waals surface area contributed by atoms with Gasteiger partial charge in [-0.2, -0.15) is 0 Å². The van der Waals surface area contributed by atoms with Gasteiger partial charge in [0.2, 0.25) is 0 Å². The summed E-state index contributed by atoms with van der Waals surface area (Å²) in [5.74, 6) is 0. The third-order valence-corrected chi connectivity index (χ3v) is 5.23. The minimum Gasteiger partial charge on any atom is -0.331 e. The highest BCUT2D eigenvalue weighted by atomic mass is 32.2. The van der Waals surface area contributed by atoms with Crippen molar-refractivity contribution in [2.45, 2.75) is 38.6 Å². The van der Waals surface area contributed by atoms with E-state index in [2.05, 4.69) is 16.6 Å². The second-order valence-corrected chi connectivity index (χ2v) is 7.69. The van der Waals surface area contributed by atoms with E-state index in [0.717, 1.165) is 24.1 Å². The minimum atomic E-state index is -3.68.